The summed E-state index contributed by atoms with van der Waals surface area (Å²) in [6.45, 7) is 2.11. The van der Waals surface area contributed by atoms with Crippen LogP contribution in [0.4, 0.5) is 0 Å². The molecule has 1 aliphatic rings. The zero-order valence-electron chi connectivity index (χ0n) is 6.96. The molecule has 1 aromatic carbocycles. The summed E-state index contributed by atoms with van der Waals surface area (Å²) < 4.78 is 0. The van der Waals surface area contributed by atoms with Crippen LogP contribution in [0.3, 0.4) is 0 Å². The second kappa shape index (κ2) is 3.46. The zero-order chi connectivity index (χ0) is 8.39. The molecule has 0 bridgehead atoms. The molecule has 0 spiro atoms. The monoisotopic (exact) mass is 181 g/mol. The maximum absolute atomic E-state index is 5.77. The van der Waals surface area contributed by atoms with Crippen molar-refractivity contribution in [3.63, 3.8) is 0 Å². The summed E-state index contributed by atoms with van der Waals surface area (Å²) in [4.78, 5) is 2.25. The van der Waals surface area contributed by atoms with Gasteiger partial charge in [0.25, 0.3) is 0 Å². The number of nitrogens with zero attached hydrogens (tertiary/aromatic N) is 1. The van der Waals surface area contributed by atoms with E-state index in [2.05, 4.69) is 29.2 Å². The summed E-state index contributed by atoms with van der Waals surface area (Å²) in [6.07, 6.45) is 1.14. The van der Waals surface area contributed by atoms with E-state index in [0.717, 1.165) is 19.5 Å². The molecule has 0 atom stereocenters. The summed E-state index contributed by atoms with van der Waals surface area (Å²) in [7, 11) is 0. The van der Waals surface area contributed by atoms with E-state index in [4.69, 9.17) is 11.6 Å². The fraction of sp³-hybridized carbons (Fsp3) is 0.400. The summed E-state index contributed by atoms with van der Waals surface area (Å²) >= 11 is 5.77. The Morgan fingerprint density at radius 2 is 2.00 bits per heavy atom. The van der Waals surface area contributed by atoms with Crippen molar-refractivity contribution in [3.8, 4) is 0 Å². The smallest absolute Gasteiger partial charge is 0.0741 e. The number of hydrogen-bond acceptors (Lipinski definition) is 1. The van der Waals surface area contributed by atoms with Gasteiger partial charge in [-0.3, -0.25) is 4.90 Å². The number of alkyl halides is 1. The van der Waals surface area contributed by atoms with Gasteiger partial charge in [0.2, 0.25) is 0 Å². The Morgan fingerprint density at radius 1 is 1.25 bits per heavy atom. The molecule has 0 saturated carbocycles. The Labute approximate surface area is 77.9 Å². The second-order valence-corrected chi connectivity index (χ2v) is 3.43. The lowest BCUT2D eigenvalue weighted by molar-refractivity contribution is 0.297. The molecule has 1 heterocycles. The van der Waals surface area contributed by atoms with Crippen molar-refractivity contribution in [3.05, 3.63) is 35.4 Å². The van der Waals surface area contributed by atoms with Gasteiger partial charge in [-0.1, -0.05) is 24.3 Å². The lowest BCUT2D eigenvalue weighted by atomic mass is 10.0. The van der Waals surface area contributed by atoms with Gasteiger partial charge in [0.15, 0.2) is 0 Å². The number of benzene rings is 1. The lowest BCUT2D eigenvalue weighted by Crippen LogP contribution is -2.29. The van der Waals surface area contributed by atoms with E-state index in [1.807, 2.05) is 0 Å². The molecule has 0 radical (unpaired) electrons. The van der Waals surface area contributed by atoms with E-state index < -0.39 is 0 Å². The summed E-state index contributed by atoms with van der Waals surface area (Å²) in [5.74, 6) is 0. The second-order valence-electron chi connectivity index (χ2n) is 3.19. The highest BCUT2D eigenvalue weighted by Crippen LogP contribution is 2.18. The van der Waals surface area contributed by atoms with Crippen molar-refractivity contribution in [2.45, 2.75) is 13.0 Å². The molecule has 0 unspecified atom stereocenters. The van der Waals surface area contributed by atoms with Gasteiger partial charge in [0.1, 0.15) is 0 Å². The van der Waals surface area contributed by atoms with E-state index in [0.29, 0.717) is 6.00 Å². The molecule has 12 heavy (non-hydrogen) atoms. The summed E-state index contributed by atoms with van der Waals surface area (Å²) in [5, 5.41) is 0. The van der Waals surface area contributed by atoms with Crippen molar-refractivity contribution in [1.82, 2.24) is 4.90 Å². The number of halogens is 1. The predicted molar refractivity (Wildman–Crippen MR) is 51.3 cm³/mol. The molecule has 0 N–H and O–H groups in total. The molecule has 0 saturated heterocycles. The van der Waals surface area contributed by atoms with Gasteiger partial charge in [-0.05, 0) is 17.5 Å². The quantitative estimate of drug-likeness (QED) is 0.475. The molecule has 0 aromatic heterocycles. The topological polar surface area (TPSA) is 3.24 Å². The largest absolute Gasteiger partial charge is 0.285 e. The van der Waals surface area contributed by atoms with Gasteiger partial charge in [-0.15, -0.1) is 11.6 Å². The van der Waals surface area contributed by atoms with E-state index in [1.165, 1.54) is 11.1 Å². The Hall–Kier alpha value is -0.530. The van der Waals surface area contributed by atoms with E-state index in [9.17, 15) is 0 Å². The van der Waals surface area contributed by atoms with Gasteiger partial charge < -0.3 is 0 Å². The zero-order valence-corrected chi connectivity index (χ0v) is 7.72. The van der Waals surface area contributed by atoms with Crippen LogP contribution in [0, 0.1) is 0 Å². The van der Waals surface area contributed by atoms with Gasteiger partial charge in [-0.25, -0.2) is 0 Å². The molecule has 1 aliphatic heterocycles. The van der Waals surface area contributed by atoms with Crippen LogP contribution < -0.4 is 0 Å². The molecule has 2 rings (SSSR count). The lowest BCUT2D eigenvalue weighted by Gasteiger charge is -2.26. The van der Waals surface area contributed by atoms with E-state index in [-0.39, 0.29) is 0 Å². The Kier molecular flexibility index (Phi) is 2.33. The molecule has 1 aromatic rings. The molecular formula is C10H12ClN. The molecule has 0 fully saturated rings. The van der Waals surface area contributed by atoms with Gasteiger partial charge >= 0.3 is 0 Å². The highest BCUT2D eigenvalue weighted by molar-refractivity contribution is 6.17. The first-order valence-electron chi connectivity index (χ1n) is 4.25. The molecule has 0 amide bonds. The number of hydrogen-bond donors (Lipinski definition) is 0. The Morgan fingerprint density at radius 3 is 2.75 bits per heavy atom. The van der Waals surface area contributed by atoms with Crippen molar-refractivity contribution in [1.29, 1.82) is 0 Å². The van der Waals surface area contributed by atoms with Crippen LogP contribution in [0.15, 0.2) is 24.3 Å². The molecule has 2 heteroatoms. The Bertz CT molecular complexity index is 272. The fourth-order valence-corrected chi connectivity index (χ4v) is 1.86. The molecule has 0 aliphatic carbocycles. The van der Waals surface area contributed by atoms with Crippen molar-refractivity contribution >= 4 is 11.6 Å². The highest BCUT2D eigenvalue weighted by Gasteiger charge is 2.13. The highest BCUT2D eigenvalue weighted by atomic mass is 35.5. The standard InChI is InChI=1S/C10H12ClN/c11-8-12-6-5-9-3-1-2-4-10(9)7-12/h1-4H,5-8H2. The van der Waals surface area contributed by atoms with Crippen LogP contribution in [-0.2, 0) is 13.0 Å². The third-order valence-electron chi connectivity index (χ3n) is 2.38. The number of rotatable bonds is 1. The first kappa shape index (κ1) is 8.09. The van der Waals surface area contributed by atoms with Gasteiger partial charge in [0, 0.05) is 13.1 Å². The molecule has 64 valence electrons. The molecule has 1 nitrogen and oxygen atoms in total. The van der Waals surface area contributed by atoms with Crippen LogP contribution in [0.2, 0.25) is 0 Å². The summed E-state index contributed by atoms with van der Waals surface area (Å²) in [6, 6.07) is 9.25. The normalized spacial score (nSPS) is 17.4. The average molecular weight is 182 g/mol. The van der Waals surface area contributed by atoms with Crippen molar-refractivity contribution in [2.24, 2.45) is 0 Å². The fourth-order valence-electron chi connectivity index (χ4n) is 1.66. The maximum Gasteiger partial charge on any atom is 0.0741 e. The van der Waals surface area contributed by atoms with Crippen LogP contribution in [0.5, 0.6) is 0 Å². The predicted octanol–water partition coefficient (Wildman–Crippen LogP) is 2.24. The minimum Gasteiger partial charge on any atom is -0.285 e. The van der Waals surface area contributed by atoms with Crippen molar-refractivity contribution in [2.75, 3.05) is 12.5 Å². The van der Waals surface area contributed by atoms with Crippen LogP contribution in [0.25, 0.3) is 0 Å². The minimum atomic E-state index is 0.647. The minimum absolute atomic E-state index is 0.647. The maximum atomic E-state index is 5.77. The van der Waals surface area contributed by atoms with E-state index >= 15 is 0 Å². The van der Waals surface area contributed by atoms with Crippen LogP contribution in [0.1, 0.15) is 11.1 Å². The average Bonchev–Trinajstić information content (AvgIpc) is 2.17. The van der Waals surface area contributed by atoms with Crippen molar-refractivity contribution < 1.29 is 0 Å². The first-order valence-corrected chi connectivity index (χ1v) is 4.78. The number of fused-ring (bicyclic) bond motifs is 1. The van der Waals surface area contributed by atoms with Gasteiger partial charge in [0.05, 0.1) is 6.00 Å². The van der Waals surface area contributed by atoms with Gasteiger partial charge in [-0.2, -0.15) is 0 Å². The third-order valence-corrected chi connectivity index (χ3v) is 2.72. The Balaban J connectivity index is 2.23. The first-order chi connectivity index (χ1) is 5.90. The summed E-state index contributed by atoms with van der Waals surface area (Å²) in [5.41, 5.74) is 2.92. The van der Waals surface area contributed by atoms with Crippen LogP contribution >= 0.6 is 11.6 Å². The SMILES string of the molecule is ClCN1CCc2ccccc2C1. The van der Waals surface area contributed by atoms with Crippen LogP contribution in [-0.4, -0.2) is 17.4 Å². The molecular weight excluding hydrogens is 170 g/mol. The third kappa shape index (κ3) is 1.47. The van der Waals surface area contributed by atoms with E-state index in [1.54, 1.807) is 0 Å².